The first-order chi connectivity index (χ1) is 12.2. The number of carbonyl (C=O) groups excluding carboxylic acids is 1. The van der Waals surface area contributed by atoms with Gasteiger partial charge in [-0.2, -0.15) is 5.10 Å². The quantitative estimate of drug-likeness (QED) is 0.730. The molecule has 26 heavy (non-hydrogen) atoms. The Morgan fingerprint density at radius 1 is 1.27 bits per heavy atom. The molecule has 8 nitrogen and oxygen atoms in total. The summed E-state index contributed by atoms with van der Waals surface area (Å²) < 4.78 is 51.3. The van der Waals surface area contributed by atoms with E-state index in [4.69, 9.17) is 5.73 Å². The molecule has 4 N–H and O–H groups in total. The highest BCUT2D eigenvalue weighted by molar-refractivity contribution is 7.90. The highest BCUT2D eigenvalue weighted by atomic mass is 32.2. The van der Waals surface area contributed by atoms with Gasteiger partial charge in [-0.05, 0) is 12.1 Å². The molecule has 0 saturated carbocycles. The first kappa shape index (κ1) is 17.7. The van der Waals surface area contributed by atoms with E-state index in [-0.39, 0.29) is 27.5 Å². The molecule has 0 saturated heterocycles. The number of nitrogens with zero attached hydrogens (tertiary/aromatic N) is 2. The third-order valence-electron chi connectivity index (χ3n) is 3.66. The zero-order chi connectivity index (χ0) is 19.1. The van der Waals surface area contributed by atoms with Gasteiger partial charge in [-0.1, -0.05) is 0 Å². The van der Waals surface area contributed by atoms with Crippen molar-refractivity contribution in [2.75, 3.05) is 17.0 Å². The molecule has 0 spiro atoms. The number of hydrogen-bond donors (Lipinski definition) is 3. The number of sulfone groups is 1. The van der Waals surface area contributed by atoms with E-state index in [9.17, 15) is 22.0 Å². The number of nitrogens with two attached hydrogens (primary N) is 1. The zero-order valence-electron chi connectivity index (χ0n) is 13.3. The summed E-state index contributed by atoms with van der Waals surface area (Å²) in [7, 11) is -3.72. The number of hydrazone groups is 1. The van der Waals surface area contributed by atoms with Crippen LogP contribution in [0, 0.1) is 11.6 Å². The summed E-state index contributed by atoms with van der Waals surface area (Å²) in [6, 6.07) is 2.03. The lowest BCUT2D eigenvalue weighted by atomic mass is 9.97. The SMILES string of the molecule is CS(=O)(=O)c1cc(F)c2c(c1)C(Nc1cncc(F)c1)C(C(N)=O)=NN2. The van der Waals surface area contributed by atoms with Crippen LogP contribution in [-0.2, 0) is 14.6 Å². The molecule has 1 amide bonds. The van der Waals surface area contributed by atoms with E-state index in [0.717, 1.165) is 24.6 Å². The second kappa shape index (κ2) is 6.33. The van der Waals surface area contributed by atoms with Crippen molar-refractivity contribution in [1.82, 2.24) is 4.98 Å². The van der Waals surface area contributed by atoms with Crippen molar-refractivity contribution in [3.63, 3.8) is 0 Å². The minimum absolute atomic E-state index is 0.0819. The molecular weight excluding hydrogens is 368 g/mol. The molecule has 2 aromatic rings. The van der Waals surface area contributed by atoms with Gasteiger partial charge in [0.25, 0.3) is 5.91 Å². The number of rotatable bonds is 4. The normalized spacial score (nSPS) is 16.3. The molecule has 136 valence electrons. The van der Waals surface area contributed by atoms with Crippen LogP contribution in [0.5, 0.6) is 0 Å². The van der Waals surface area contributed by atoms with Gasteiger partial charge >= 0.3 is 0 Å². The van der Waals surface area contributed by atoms with Crippen molar-refractivity contribution >= 4 is 32.8 Å². The van der Waals surface area contributed by atoms with Crippen LogP contribution in [0.3, 0.4) is 0 Å². The third kappa shape index (κ3) is 3.33. The summed E-state index contributed by atoms with van der Waals surface area (Å²) in [6.07, 6.45) is 3.18. The smallest absolute Gasteiger partial charge is 0.267 e. The van der Waals surface area contributed by atoms with Gasteiger partial charge in [0, 0.05) is 17.9 Å². The molecule has 1 atom stereocenters. The highest BCUT2D eigenvalue weighted by Crippen LogP contribution is 2.35. The number of hydrogen-bond acceptors (Lipinski definition) is 7. The number of primary amides is 1. The molecule has 3 rings (SSSR count). The van der Waals surface area contributed by atoms with E-state index < -0.39 is 33.4 Å². The summed E-state index contributed by atoms with van der Waals surface area (Å²) in [5, 5.41) is 6.53. The molecule has 1 aliphatic rings. The lowest BCUT2D eigenvalue weighted by Gasteiger charge is -2.27. The van der Waals surface area contributed by atoms with Gasteiger partial charge in [-0.25, -0.2) is 17.2 Å². The molecule has 0 radical (unpaired) electrons. The van der Waals surface area contributed by atoms with Gasteiger partial charge in [0.2, 0.25) is 0 Å². The number of aromatic nitrogens is 1. The Hall–Kier alpha value is -3.08. The average Bonchev–Trinajstić information content (AvgIpc) is 2.54. The Bertz CT molecular complexity index is 1040. The molecule has 0 bridgehead atoms. The second-order valence-corrected chi connectivity index (χ2v) is 7.60. The van der Waals surface area contributed by atoms with Gasteiger partial charge < -0.3 is 11.1 Å². The van der Waals surface area contributed by atoms with Crippen molar-refractivity contribution in [2.45, 2.75) is 10.9 Å². The monoisotopic (exact) mass is 381 g/mol. The number of amides is 1. The maximum atomic E-state index is 14.4. The number of nitrogens with one attached hydrogen (secondary N) is 2. The number of carbonyl (C=O) groups is 1. The largest absolute Gasteiger partial charge is 0.371 e. The summed E-state index contributed by atoms with van der Waals surface area (Å²) in [6.45, 7) is 0. The first-order valence-corrected chi connectivity index (χ1v) is 9.10. The maximum Gasteiger partial charge on any atom is 0.267 e. The van der Waals surface area contributed by atoms with E-state index in [1.54, 1.807) is 0 Å². The fourth-order valence-corrected chi connectivity index (χ4v) is 3.15. The predicted octanol–water partition coefficient (Wildman–Crippen LogP) is 1.18. The fraction of sp³-hybridized carbons (Fsp3) is 0.133. The van der Waals surface area contributed by atoms with Crippen molar-refractivity contribution in [1.29, 1.82) is 0 Å². The van der Waals surface area contributed by atoms with Gasteiger partial charge in [0.05, 0.1) is 28.7 Å². The molecule has 1 aromatic carbocycles. The van der Waals surface area contributed by atoms with Gasteiger partial charge in [0.1, 0.15) is 17.7 Å². The van der Waals surface area contributed by atoms with Crippen LogP contribution in [0.25, 0.3) is 0 Å². The third-order valence-corrected chi connectivity index (χ3v) is 4.76. The molecule has 1 aromatic heterocycles. The van der Waals surface area contributed by atoms with Gasteiger partial charge in [0.15, 0.2) is 15.5 Å². The van der Waals surface area contributed by atoms with Crippen LogP contribution < -0.4 is 16.5 Å². The van der Waals surface area contributed by atoms with Crippen LogP contribution in [0.4, 0.5) is 20.2 Å². The van der Waals surface area contributed by atoms with Crippen LogP contribution in [0.15, 0.2) is 40.6 Å². The lowest BCUT2D eigenvalue weighted by molar-refractivity contribution is -0.112. The number of pyridine rings is 1. The first-order valence-electron chi connectivity index (χ1n) is 7.21. The fourth-order valence-electron chi connectivity index (χ4n) is 2.49. The van der Waals surface area contributed by atoms with Crippen molar-refractivity contribution in [3.8, 4) is 0 Å². The van der Waals surface area contributed by atoms with Crippen molar-refractivity contribution in [3.05, 3.63) is 47.8 Å². The predicted molar refractivity (Wildman–Crippen MR) is 90.3 cm³/mol. The number of anilines is 2. The Morgan fingerprint density at radius 3 is 2.62 bits per heavy atom. The Morgan fingerprint density at radius 2 is 2.00 bits per heavy atom. The Balaban J connectivity index is 2.16. The number of benzene rings is 1. The van der Waals surface area contributed by atoms with Gasteiger partial charge in [-0.3, -0.25) is 15.2 Å². The van der Waals surface area contributed by atoms with Crippen LogP contribution in [-0.4, -0.2) is 31.3 Å². The van der Waals surface area contributed by atoms with E-state index in [0.29, 0.717) is 0 Å². The highest BCUT2D eigenvalue weighted by Gasteiger charge is 2.32. The topological polar surface area (TPSA) is 127 Å². The zero-order valence-corrected chi connectivity index (χ0v) is 14.1. The maximum absolute atomic E-state index is 14.4. The Kier molecular flexibility index (Phi) is 4.32. The van der Waals surface area contributed by atoms with E-state index in [2.05, 4.69) is 20.8 Å². The lowest BCUT2D eigenvalue weighted by Crippen LogP contribution is -2.36. The van der Waals surface area contributed by atoms with Crippen LogP contribution in [0.2, 0.25) is 0 Å². The van der Waals surface area contributed by atoms with E-state index in [1.165, 1.54) is 12.3 Å². The summed E-state index contributed by atoms with van der Waals surface area (Å²) >= 11 is 0. The number of halogens is 2. The average molecular weight is 381 g/mol. The van der Waals surface area contributed by atoms with Crippen LogP contribution >= 0.6 is 0 Å². The molecule has 1 unspecified atom stereocenters. The molecule has 0 aliphatic carbocycles. The van der Waals surface area contributed by atoms with Crippen LogP contribution in [0.1, 0.15) is 11.6 Å². The Labute approximate surface area is 147 Å². The van der Waals surface area contributed by atoms with Gasteiger partial charge in [-0.15, -0.1) is 0 Å². The summed E-state index contributed by atoms with van der Waals surface area (Å²) in [4.78, 5) is 15.1. The molecule has 11 heteroatoms. The minimum Gasteiger partial charge on any atom is -0.371 e. The summed E-state index contributed by atoms with van der Waals surface area (Å²) in [5.74, 6) is -2.44. The minimum atomic E-state index is -3.72. The summed E-state index contributed by atoms with van der Waals surface area (Å²) in [5.41, 5.74) is 7.56. The van der Waals surface area contributed by atoms with E-state index in [1.807, 2.05) is 0 Å². The number of fused-ring (bicyclic) bond motifs is 1. The molecular formula is C15H13F2N5O3S. The molecule has 1 aliphatic heterocycles. The second-order valence-electron chi connectivity index (χ2n) is 5.58. The molecule has 0 fully saturated rings. The van der Waals surface area contributed by atoms with Crippen molar-refractivity contribution < 1.29 is 22.0 Å². The van der Waals surface area contributed by atoms with Crippen molar-refractivity contribution in [2.24, 2.45) is 10.8 Å². The standard InChI is InChI=1S/C15H13F2N5O3S/c1-26(24,25)9-3-10-12(11(17)4-9)21-22-14(15(18)23)13(10)20-8-2-7(16)5-19-6-8/h2-6,13,20-21H,1H3,(H2,18,23). The van der Waals surface area contributed by atoms with E-state index >= 15 is 0 Å². The molecule has 2 heterocycles.